The van der Waals surface area contributed by atoms with Gasteiger partial charge >= 0.3 is 0 Å². The van der Waals surface area contributed by atoms with E-state index in [1.54, 1.807) is 0 Å². The topological polar surface area (TPSA) is 56.7 Å². The van der Waals surface area contributed by atoms with Gasteiger partial charge in [0.2, 0.25) is 0 Å². The van der Waals surface area contributed by atoms with E-state index in [0.717, 1.165) is 55.3 Å². The maximum absolute atomic E-state index is 6.71. The van der Waals surface area contributed by atoms with E-state index in [-0.39, 0.29) is 0 Å². The van der Waals surface area contributed by atoms with E-state index >= 15 is 0 Å². The summed E-state index contributed by atoms with van der Waals surface area (Å²) < 4.78 is 9.01. The summed E-state index contributed by atoms with van der Waals surface area (Å²) in [5.74, 6) is 1.86. The number of hydrogen-bond acceptors (Lipinski definition) is 4. The van der Waals surface area contributed by atoms with Crippen LogP contribution in [0.15, 0.2) is 150 Å². The molecule has 9 aromatic rings. The minimum absolute atomic E-state index is 0.600. The van der Waals surface area contributed by atoms with E-state index in [2.05, 4.69) is 83.4 Å². The van der Waals surface area contributed by atoms with Crippen LogP contribution in [-0.4, -0.2) is 19.5 Å². The third kappa shape index (κ3) is 3.83. The second-order valence-electron chi connectivity index (χ2n) is 10.9. The molecular formula is C39H24N4O. The maximum atomic E-state index is 6.71. The number of aromatic nitrogens is 4. The average Bonchev–Trinajstić information content (AvgIpc) is 3.64. The highest BCUT2D eigenvalue weighted by Gasteiger charge is 2.18. The van der Waals surface area contributed by atoms with Gasteiger partial charge < -0.3 is 8.98 Å². The molecule has 0 atom stereocenters. The Bertz CT molecular complexity index is 2380. The van der Waals surface area contributed by atoms with Gasteiger partial charge in [0.25, 0.3) is 0 Å². The summed E-state index contributed by atoms with van der Waals surface area (Å²) in [7, 11) is 0. The van der Waals surface area contributed by atoms with Crippen molar-refractivity contribution in [1.82, 2.24) is 19.5 Å². The molecule has 0 saturated carbocycles. The standard InChI is InChI=1S/C39H24N4O/c1-3-12-25(13-4-1)37-40-38(26-14-5-2-6-15-26)42-39(41-37)27-22-23-30-31-18-11-21-34(36(31)44-35(30)24-27)43-32-19-9-7-16-28(32)29-17-8-10-20-33(29)43/h1-24H. The van der Waals surface area contributed by atoms with Crippen LogP contribution in [0, 0.1) is 0 Å². The molecule has 0 aliphatic heterocycles. The van der Waals surface area contributed by atoms with Crippen LogP contribution in [0.25, 0.3) is 83.6 Å². The van der Waals surface area contributed by atoms with Gasteiger partial charge in [-0.25, -0.2) is 15.0 Å². The molecular weight excluding hydrogens is 540 g/mol. The van der Waals surface area contributed by atoms with Crippen LogP contribution in [0.3, 0.4) is 0 Å². The van der Waals surface area contributed by atoms with E-state index in [9.17, 15) is 0 Å². The van der Waals surface area contributed by atoms with E-state index in [4.69, 9.17) is 19.4 Å². The smallest absolute Gasteiger partial charge is 0.164 e. The normalized spacial score (nSPS) is 11.6. The fourth-order valence-electron chi connectivity index (χ4n) is 6.22. The number of hydrogen-bond donors (Lipinski definition) is 0. The Hall–Kier alpha value is -6.07. The van der Waals surface area contributed by atoms with Crippen molar-refractivity contribution in [3.63, 3.8) is 0 Å². The van der Waals surface area contributed by atoms with Gasteiger partial charge in [0.1, 0.15) is 5.58 Å². The first-order chi connectivity index (χ1) is 21.8. The van der Waals surface area contributed by atoms with Crippen LogP contribution in [0.2, 0.25) is 0 Å². The zero-order chi connectivity index (χ0) is 29.0. The highest BCUT2D eigenvalue weighted by atomic mass is 16.3. The average molecular weight is 565 g/mol. The highest BCUT2D eigenvalue weighted by Crippen LogP contribution is 2.39. The Kier molecular flexibility index (Phi) is 5.43. The molecule has 9 rings (SSSR count). The first-order valence-electron chi connectivity index (χ1n) is 14.6. The molecule has 5 heteroatoms. The predicted molar refractivity (Wildman–Crippen MR) is 178 cm³/mol. The molecule has 0 spiro atoms. The zero-order valence-corrected chi connectivity index (χ0v) is 23.6. The molecule has 3 aromatic heterocycles. The lowest BCUT2D eigenvalue weighted by Crippen LogP contribution is -2.00. The van der Waals surface area contributed by atoms with Gasteiger partial charge in [0, 0.05) is 38.2 Å². The van der Waals surface area contributed by atoms with Crippen molar-refractivity contribution < 1.29 is 4.42 Å². The Labute approximate surface area is 252 Å². The first kappa shape index (κ1) is 24.5. The summed E-state index contributed by atoms with van der Waals surface area (Å²) in [4.78, 5) is 14.7. The van der Waals surface area contributed by atoms with Crippen LogP contribution >= 0.6 is 0 Å². The summed E-state index contributed by atoms with van der Waals surface area (Å²) in [6.45, 7) is 0. The van der Waals surface area contributed by atoms with Crippen molar-refractivity contribution in [2.45, 2.75) is 0 Å². The number of benzene rings is 6. The SMILES string of the molecule is c1ccc(-c2nc(-c3ccccc3)nc(-c3ccc4c(c3)oc3c(-n5c6ccccc6c6ccccc65)cccc34)n2)cc1. The number of rotatable bonds is 4. The monoisotopic (exact) mass is 564 g/mol. The molecule has 44 heavy (non-hydrogen) atoms. The van der Waals surface area contributed by atoms with Crippen LogP contribution < -0.4 is 0 Å². The van der Waals surface area contributed by atoms with Crippen molar-refractivity contribution in [2.24, 2.45) is 0 Å². The van der Waals surface area contributed by atoms with E-state index < -0.39 is 0 Å². The molecule has 0 bridgehead atoms. The molecule has 0 aliphatic rings. The molecule has 0 fully saturated rings. The molecule has 0 amide bonds. The van der Waals surface area contributed by atoms with Gasteiger partial charge in [0.15, 0.2) is 23.1 Å². The summed E-state index contributed by atoms with van der Waals surface area (Å²) in [5, 5.41) is 4.55. The van der Waals surface area contributed by atoms with Crippen molar-refractivity contribution in [2.75, 3.05) is 0 Å². The molecule has 6 aromatic carbocycles. The van der Waals surface area contributed by atoms with Crippen molar-refractivity contribution in [1.29, 1.82) is 0 Å². The Morgan fingerprint density at radius 1 is 0.409 bits per heavy atom. The number of furan rings is 1. The van der Waals surface area contributed by atoms with Crippen LogP contribution in [0.4, 0.5) is 0 Å². The summed E-state index contributed by atoms with van der Waals surface area (Å²) >= 11 is 0. The molecule has 206 valence electrons. The second kappa shape index (κ2) is 9.75. The quantitative estimate of drug-likeness (QED) is 0.213. The Morgan fingerprint density at radius 2 is 0.932 bits per heavy atom. The van der Waals surface area contributed by atoms with E-state index in [0.29, 0.717) is 17.5 Å². The summed E-state index contributed by atoms with van der Waals surface area (Å²) in [6, 6.07) is 49.7. The van der Waals surface area contributed by atoms with Crippen LogP contribution in [0.5, 0.6) is 0 Å². The van der Waals surface area contributed by atoms with Gasteiger partial charge in [-0.05, 0) is 30.3 Å². The third-order valence-corrected chi connectivity index (χ3v) is 8.26. The lowest BCUT2D eigenvalue weighted by atomic mass is 10.1. The Balaban J connectivity index is 1.25. The fraction of sp³-hybridized carbons (Fsp3) is 0. The molecule has 3 heterocycles. The maximum Gasteiger partial charge on any atom is 0.164 e. The third-order valence-electron chi connectivity index (χ3n) is 8.26. The highest BCUT2D eigenvalue weighted by molar-refractivity contribution is 6.12. The number of para-hydroxylation sites is 3. The van der Waals surface area contributed by atoms with Gasteiger partial charge in [-0.1, -0.05) is 115 Å². The molecule has 0 saturated heterocycles. The molecule has 0 unspecified atom stereocenters. The van der Waals surface area contributed by atoms with Gasteiger partial charge in [0.05, 0.1) is 16.7 Å². The van der Waals surface area contributed by atoms with Gasteiger partial charge in [-0.3, -0.25) is 0 Å². The molecule has 5 nitrogen and oxygen atoms in total. The predicted octanol–water partition coefficient (Wildman–Crippen LogP) is 9.87. The minimum Gasteiger partial charge on any atom is -0.454 e. The van der Waals surface area contributed by atoms with Crippen LogP contribution in [0.1, 0.15) is 0 Å². The van der Waals surface area contributed by atoms with E-state index in [1.165, 1.54) is 10.8 Å². The van der Waals surface area contributed by atoms with Gasteiger partial charge in [-0.2, -0.15) is 0 Å². The number of nitrogens with zero attached hydrogens (tertiary/aromatic N) is 4. The van der Waals surface area contributed by atoms with Crippen molar-refractivity contribution in [3.05, 3.63) is 146 Å². The summed E-state index contributed by atoms with van der Waals surface area (Å²) in [5.41, 5.74) is 7.68. The van der Waals surface area contributed by atoms with Gasteiger partial charge in [-0.15, -0.1) is 0 Å². The first-order valence-corrected chi connectivity index (χ1v) is 14.6. The molecule has 0 aliphatic carbocycles. The van der Waals surface area contributed by atoms with Crippen molar-refractivity contribution in [3.8, 4) is 39.9 Å². The molecule has 0 radical (unpaired) electrons. The lowest BCUT2D eigenvalue weighted by molar-refractivity contribution is 0.666. The minimum atomic E-state index is 0.600. The largest absolute Gasteiger partial charge is 0.454 e. The Morgan fingerprint density at radius 3 is 1.55 bits per heavy atom. The lowest BCUT2D eigenvalue weighted by Gasteiger charge is -2.08. The second-order valence-corrected chi connectivity index (χ2v) is 10.9. The zero-order valence-electron chi connectivity index (χ0n) is 23.6. The van der Waals surface area contributed by atoms with Crippen molar-refractivity contribution >= 4 is 43.7 Å². The fourth-order valence-corrected chi connectivity index (χ4v) is 6.22. The number of fused-ring (bicyclic) bond motifs is 6. The summed E-state index contributed by atoms with van der Waals surface area (Å²) in [6.07, 6.45) is 0. The van der Waals surface area contributed by atoms with Crippen LogP contribution in [-0.2, 0) is 0 Å². The molecule has 0 N–H and O–H groups in total. The van der Waals surface area contributed by atoms with E-state index in [1.807, 2.05) is 66.7 Å².